The zero-order valence-corrected chi connectivity index (χ0v) is 14.1. The summed E-state index contributed by atoms with van der Waals surface area (Å²) < 4.78 is 11.5. The molecule has 0 aliphatic carbocycles. The minimum absolute atomic E-state index is 0.0410. The van der Waals surface area contributed by atoms with Crippen LogP contribution in [-0.4, -0.2) is 24.9 Å². The van der Waals surface area contributed by atoms with Gasteiger partial charge in [0.15, 0.2) is 0 Å². The van der Waals surface area contributed by atoms with Crippen LogP contribution >= 0.6 is 0 Å². The van der Waals surface area contributed by atoms with Gasteiger partial charge in [-0.05, 0) is 19.8 Å². The van der Waals surface area contributed by atoms with E-state index in [0.29, 0.717) is 0 Å². The Morgan fingerprint density at radius 1 is 0.900 bits per heavy atom. The summed E-state index contributed by atoms with van der Waals surface area (Å²) in [6, 6.07) is 0. The molecule has 0 spiro atoms. The molecule has 1 aliphatic rings. The van der Waals surface area contributed by atoms with Crippen molar-refractivity contribution in [3.05, 3.63) is 0 Å². The van der Waals surface area contributed by atoms with Gasteiger partial charge in [-0.25, -0.2) is 0 Å². The van der Waals surface area contributed by atoms with Crippen LogP contribution in [0.5, 0.6) is 0 Å². The fraction of sp³-hybridized carbons (Fsp3) is 1.00. The van der Waals surface area contributed by atoms with Gasteiger partial charge in [0.25, 0.3) is 0 Å². The molecule has 1 rings (SSSR count). The van der Waals surface area contributed by atoms with Gasteiger partial charge in [0.1, 0.15) is 5.60 Å². The first-order chi connectivity index (χ1) is 9.75. The summed E-state index contributed by atoms with van der Waals surface area (Å²) in [7, 11) is 0. The SMILES string of the molecule is CCCCCCCCCCCCOC1(CC)COC1C. The lowest BCUT2D eigenvalue weighted by molar-refractivity contribution is -0.255. The van der Waals surface area contributed by atoms with E-state index in [2.05, 4.69) is 20.8 Å². The van der Waals surface area contributed by atoms with Crippen molar-refractivity contribution in [1.29, 1.82) is 0 Å². The van der Waals surface area contributed by atoms with E-state index in [1.165, 1.54) is 64.2 Å². The van der Waals surface area contributed by atoms with E-state index < -0.39 is 0 Å². The third-order valence-electron chi connectivity index (χ3n) is 4.80. The molecule has 0 amide bonds. The molecular weight excluding hydrogens is 248 g/mol. The fourth-order valence-electron chi connectivity index (χ4n) is 2.95. The highest BCUT2D eigenvalue weighted by Gasteiger charge is 2.45. The van der Waals surface area contributed by atoms with Gasteiger partial charge in [-0.1, -0.05) is 71.6 Å². The molecule has 0 N–H and O–H groups in total. The van der Waals surface area contributed by atoms with Gasteiger partial charge in [-0.15, -0.1) is 0 Å². The van der Waals surface area contributed by atoms with Crippen molar-refractivity contribution in [3.8, 4) is 0 Å². The third-order valence-corrected chi connectivity index (χ3v) is 4.80. The highest BCUT2D eigenvalue weighted by molar-refractivity contribution is 4.93. The zero-order chi connectivity index (χ0) is 14.7. The van der Waals surface area contributed by atoms with E-state index in [1.807, 2.05) is 0 Å². The number of hydrogen-bond donors (Lipinski definition) is 0. The van der Waals surface area contributed by atoms with Gasteiger partial charge >= 0.3 is 0 Å². The summed E-state index contributed by atoms with van der Waals surface area (Å²) in [5, 5.41) is 0. The lowest BCUT2D eigenvalue weighted by Crippen LogP contribution is -2.58. The standard InChI is InChI=1S/C18H36O2/c1-4-6-7-8-9-10-11-12-13-14-15-20-18(5-2)16-19-17(18)3/h17H,4-16H2,1-3H3. The van der Waals surface area contributed by atoms with Crippen LogP contribution in [0.1, 0.15) is 91.4 Å². The van der Waals surface area contributed by atoms with E-state index in [0.717, 1.165) is 19.6 Å². The Labute approximate surface area is 126 Å². The van der Waals surface area contributed by atoms with Gasteiger partial charge in [-0.2, -0.15) is 0 Å². The second-order valence-electron chi connectivity index (χ2n) is 6.40. The molecule has 1 heterocycles. The highest BCUT2D eigenvalue weighted by atomic mass is 16.6. The van der Waals surface area contributed by atoms with Gasteiger partial charge in [0, 0.05) is 6.61 Å². The molecule has 0 saturated carbocycles. The maximum Gasteiger partial charge on any atom is 0.117 e. The Kier molecular flexibility index (Phi) is 9.54. The molecule has 2 heteroatoms. The van der Waals surface area contributed by atoms with Crippen LogP contribution in [-0.2, 0) is 9.47 Å². The van der Waals surface area contributed by atoms with Gasteiger partial charge in [-0.3, -0.25) is 0 Å². The largest absolute Gasteiger partial charge is 0.372 e. The van der Waals surface area contributed by atoms with Crippen molar-refractivity contribution < 1.29 is 9.47 Å². The van der Waals surface area contributed by atoms with Crippen LogP contribution in [0.15, 0.2) is 0 Å². The van der Waals surface area contributed by atoms with Crippen molar-refractivity contribution in [2.45, 2.75) is 103 Å². The Balaban J connectivity index is 1.83. The Hall–Kier alpha value is -0.0800. The lowest BCUT2D eigenvalue weighted by atomic mass is 9.90. The number of hydrogen-bond acceptors (Lipinski definition) is 2. The molecule has 2 atom stereocenters. The topological polar surface area (TPSA) is 18.5 Å². The zero-order valence-electron chi connectivity index (χ0n) is 14.1. The quantitative estimate of drug-likeness (QED) is 0.416. The van der Waals surface area contributed by atoms with Gasteiger partial charge in [0.2, 0.25) is 0 Å². The first-order valence-electron chi connectivity index (χ1n) is 9.00. The normalized spacial score (nSPS) is 25.6. The second kappa shape index (κ2) is 10.6. The van der Waals surface area contributed by atoms with Crippen molar-refractivity contribution in [2.24, 2.45) is 0 Å². The summed E-state index contributed by atoms with van der Waals surface area (Å²) in [5.41, 5.74) is 0.0410. The molecule has 1 aliphatic heterocycles. The minimum atomic E-state index is 0.0410. The van der Waals surface area contributed by atoms with Crippen molar-refractivity contribution in [1.82, 2.24) is 0 Å². The number of unbranched alkanes of at least 4 members (excludes halogenated alkanes) is 9. The molecule has 2 unspecified atom stereocenters. The van der Waals surface area contributed by atoms with E-state index >= 15 is 0 Å². The monoisotopic (exact) mass is 284 g/mol. The molecule has 0 radical (unpaired) electrons. The smallest absolute Gasteiger partial charge is 0.117 e. The van der Waals surface area contributed by atoms with E-state index in [1.54, 1.807) is 0 Å². The number of rotatable bonds is 13. The molecule has 120 valence electrons. The van der Waals surface area contributed by atoms with Crippen LogP contribution in [0.4, 0.5) is 0 Å². The molecular formula is C18H36O2. The average Bonchev–Trinajstić information content (AvgIpc) is 2.47. The first-order valence-corrected chi connectivity index (χ1v) is 9.00. The van der Waals surface area contributed by atoms with Crippen molar-refractivity contribution >= 4 is 0 Å². The van der Waals surface area contributed by atoms with Gasteiger partial charge < -0.3 is 9.47 Å². The summed E-state index contributed by atoms with van der Waals surface area (Å²) in [6.45, 7) is 8.32. The molecule has 20 heavy (non-hydrogen) atoms. The van der Waals surface area contributed by atoms with Crippen LogP contribution in [0.25, 0.3) is 0 Å². The molecule has 0 aromatic carbocycles. The van der Waals surface area contributed by atoms with E-state index in [-0.39, 0.29) is 11.7 Å². The predicted molar refractivity (Wildman–Crippen MR) is 86.2 cm³/mol. The summed E-state index contributed by atoms with van der Waals surface area (Å²) in [6.07, 6.45) is 15.2. The van der Waals surface area contributed by atoms with E-state index in [4.69, 9.17) is 9.47 Å². The highest BCUT2D eigenvalue weighted by Crippen LogP contribution is 2.32. The molecule has 1 fully saturated rings. The molecule has 1 saturated heterocycles. The maximum atomic E-state index is 6.07. The molecule has 2 nitrogen and oxygen atoms in total. The Morgan fingerprint density at radius 2 is 1.45 bits per heavy atom. The van der Waals surface area contributed by atoms with Crippen molar-refractivity contribution in [3.63, 3.8) is 0 Å². The van der Waals surface area contributed by atoms with E-state index in [9.17, 15) is 0 Å². The minimum Gasteiger partial charge on any atom is -0.372 e. The third kappa shape index (κ3) is 6.13. The average molecular weight is 284 g/mol. The summed E-state index contributed by atoms with van der Waals surface area (Å²) in [5.74, 6) is 0. The molecule has 0 aromatic rings. The predicted octanol–water partition coefficient (Wildman–Crippen LogP) is 5.49. The fourth-order valence-corrected chi connectivity index (χ4v) is 2.95. The van der Waals surface area contributed by atoms with Crippen molar-refractivity contribution in [2.75, 3.05) is 13.2 Å². The van der Waals surface area contributed by atoms with Crippen LogP contribution in [0.3, 0.4) is 0 Å². The van der Waals surface area contributed by atoms with Crippen LogP contribution in [0.2, 0.25) is 0 Å². The number of ether oxygens (including phenoxy) is 2. The summed E-state index contributed by atoms with van der Waals surface area (Å²) in [4.78, 5) is 0. The Morgan fingerprint density at radius 3 is 1.85 bits per heavy atom. The molecule has 0 bridgehead atoms. The lowest BCUT2D eigenvalue weighted by Gasteiger charge is -2.46. The molecule has 0 aromatic heterocycles. The van der Waals surface area contributed by atoms with Gasteiger partial charge in [0.05, 0.1) is 12.7 Å². The first kappa shape index (κ1) is 18.0. The second-order valence-corrected chi connectivity index (χ2v) is 6.40. The van der Waals surface area contributed by atoms with Crippen LogP contribution in [0, 0.1) is 0 Å². The Bertz CT molecular complexity index is 225. The summed E-state index contributed by atoms with van der Waals surface area (Å²) >= 11 is 0. The van der Waals surface area contributed by atoms with Crippen LogP contribution < -0.4 is 0 Å². The maximum absolute atomic E-state index is 6.07.